The molecule has 1 saturated heterocycles. The second-order valence-corrected chi connectivity index (χ2v) is 2.84. The lowest BCUT2D eigenvalue weighted by Crippen LogP contribution is -2.38. The molecule has 0 aromatic heterocycles. The highest BCUT2D eigenvalue weighted by atomic mass is 16.6. The molecule has 0 aliphatic carbocycles. The van der Waals surface area contributed by atoms with Crippen LogP contribution in [0.1, 0.15) is 19.8 Å². The Balaban J connectivity index is 2.21. The van der Waals surface area contributed by atoms with Crippen molar-refractivity contribution in [3.05, 3.63) is 0 Å². The standard InChI is InChI=1S/C8H16O3/c1-2-3-7(9)8-6-10-4-5-11-8/h7-9H,2-6H2,1H3. The van der Waals surface area contributed by atoms with Gasteiger partial charge in [0.05, 0.1) is 25.9 Å². The van der Waals surface area contributed by atoms with E-state index in [4.69, 9.17) is 9.47 Å². The van der Waals surface area contributed by atoms with E-state index in [2.05, 4.69) is 0 Å². The van der Waals surface area contributed by atoms with Crippen LogP contribution in [0.3, 0.4) is 0 Å². The summed E-state index contributed by atoms with van der Waals surface area (Å²) >= 11 is 0. The normalized spacial score (nSPS) is 28.4. The Morgan fingerprint density at radius 2 is 2.36 bits per heavy atom. The van der Waals surface area contributed by atoms with Crippen molar-refractivity contribution in [2.75, 3.05) is 19.8 Å². The minimum absolute atomic E-state index is 0.0938. The Labute approximate surface area is 67.3 Å². The lowest BCUT2D eigenvalue weighted by Gasteiger charge is -2.26. The van der Waals surface area contributed by atoms with Crippen molar-refractivity contribution in [3.63, 3.8) is 0 Å². The lowest BCUT2D eigenvalue weighted by atomic mass is 10.1. The summed E-state index contributed by atoms with van der Waals surface area (Å²) in [7, 11) is 0. The predicted octanol–water partition coefficient (Wildman–Crippen LogP) is 0.563. The Hall–Kier alpha value is -0.120. The fraction of sp³-hybridized carbons (Fsp3) is 1.00. The van der Waals surface area contributed by atoms with Gasteiger partial charge >= 0.3 is 0 Å². The van der Waals surface area contributed by atoms with Crippen LogP contribution in [0.5, 0.6) is 0 Å². The van der Waals surface area contributed by atoms with Crippen LogP contribution in [0.2, 0.25) is 0 Å². The number of hydrogen-bond donors (Lipinski definition) is 1. The fourth-order valence-corrected chi connectivity index (χ4v) is 1.21. The van der Waals surface area contributed by atoms with Crippen LogP contribution in [-0.4, -0.2) is 37.1 Å². The molecule has 3 heteroatoms. The zero-order valence-electron chi connectivity index (χ0n) is 6.95. The number of hydrogen-bond acceptors (Lipinski definition) is 3. The first kappa shape index (κ1) is 8.97. The minimum atomic E-state index is -0.347. The van der Waals surface area contributed by atoms with Crippen LogP contribution >= 0.6 is 0 Å². The van der Waals surface area contributed by atoms with Crippen LogP contribution in [0.25, 0.3) is 0 Å². The largest absolute Gasteiger partial charge is 0.390 e. The van der Waals surface area contributed by atoms with Crippen LogP contribution in [0, 0.1) is 0 Å². The first-order chi connectivity index (χ1) is 5.34. The smallest absolute Gasteiger partial charge is 0.107 e. The van der Waals surface area contributed by atoms with Gasteiger partial charge in [0.25, 0.3) is 0 Å². The SMILES string of the molecule is CCCC(O)C1COCCO1. The molecule has 0 aromatic rings. The molecule has 1 rings (SSSR count). The fourth-order valence-electron chi connectivity index (χ4n) is 1.21. The molecule has 1 fully saturated rings. The van der Waals surface area contributed by atoms with Crippen LogP contribution < -0.4 is 0 Å². The maximum atomic E-state index is 9.47. The summed E-state index contributed by atoms with van der Waals surface area (Å²) in [5.41, 5.74) is 0. The molecule has 0 saturated carbocycles. The first-order valence-corrected chi connectivity index (χ1v) is 4.22. The Kier molecular flexibility index (Phi) is 3.83. The molecule has 0 spiro atoms. The molecule has 2 unspecified atom stereocenters. The minimum Gasteiger partial charge on any atom is -0.390 e. The van der Waals surface area contributed by atoms with E-state index in [-0.39, 0.29) is 12.2 Å². The van der Waals surface area contributed by atoms with E-state index in [0.717, 1.165) is 12.8 Å². The van der Waals surface area contributed by atoms with Crippen molar-refractivity contribution in [3.8, 4) is 0 Å². The number of aliphatic hydroxyl groups excluding tert-OH is 1. The van der Waals surface area contributed by atoms with Crippen LogP contribution in [0.15, 0.2) is 0 Å². The van der Waals surface area contributed by atoms with Crippen molar-refractivity contribution >= 4 is 0 Å². The van der Waals surface area contributed by atoms with Crippen LogP contribution in [-0.2, 0) is 9.47 Å². The van der Waals surface area contributed by atoms with Gasteiger partial charge in [-0.15, -0.1) is 0 Å². The summed E-state index contributed by atoms with van der Waals surface area (Å²) in [6.07, 6.45) is 1.35. The van der Waals surface area contributed by atoms with Gasteiger partial charge in [0.2, 0.25) is 0 Å². The maximum Gasteiger partial charge on any atom is 0.107 e. The number of aliphatic hydroxyl groups is 1. The van der Waals surface area contributed by atoms with E-state index in [1.807, 2.05) is 6.92 Å². The van der Waals surface area contributed by atoms with E-state index in [1.165, 1.54) is 0 Å². The van der Waals surface area contributed by atoms with Crippen molar-refractivity contribution in [1.29, 1.82) is 0 Å². The average molecular weight is 160 g/mol. The van der Waals surface area contributed by atoms with E-state index < -0.39 is 0 Å². The van der Waals surface area contributed by atoms with Gasteiger partial charge in [-0.05, 0) is 6.42 Å². The van der Waals surface area contributed by atoms with E-state index in [0.29, 0.717) is 19.8 Å². The Bertz CT molecular complexity index is 99.5. The molecular weight excluding hydrogens is 144 g/mol. The highest BCUT2D eigenvalue weighted by Gasteiger charge is 2.21. The summed E-state index contributed by atoms with van der Waals surface area (Å²) in [6.45, 7) is 3.87. The van der Waals surface area contributed by atoms with Gasteiger partial charge in [-0.1, -0.05) is 13.3 Å². The summed E-state index contributed by atoms with van der Waals surface area (Å²) < 4.78 is 10.5. The monoisotopic (exact) mass is 160 g/mol. The van der Waals surface area contributed by atoms with E-state index >= 15 is 0 Å². The molecule has 0 bridgehead atoms. The van der Waals surface area contributed by atoms with Crippen molar-refractivity contribution < 1.29 is 14.6 Å². The maximum absolute atomic E-state index is 9.47. The zero-order chi connectivity index (χ0) is 8.10. The number of rotatable bonds is 3. The highest BCUT2D eigenvalue weighted by Crippen LogP contribution is 2.09. The molecule has 0 aromatic carbocycles. The topological polar surface area (TPSA) is 38.7 Å². The summed E-state index contributed by atoms with van der Waals surface area (Å²) in [5, 5.41) is 9.47. The van der Waals surface area contributed by atoms with Gasteiger partial charge in [-0.25, -0.2) is 0 Å². The Morgan fingerprint density at radius 1 is 1.55 bits per heavy atom. The molecule has 2 atom stereocenters. The molecule has 1 heterocycles. The van der Waals surface area contributed by atoms with Crippen molar-refractivity contribution in [2.45, 2.75) is 32.0 Å². The third kappa shape index (κ3) is 2.77. The van der Waals surface area contributed by atoms with E-state index in [9.17, 15) is 5.11 Å². The quantitative estimate of drug-likeness (QED) is 0.655. The van der Waals surface area contributed by atoms with Gasteiger partial charge in [-0.3, -0.25) is 0 Å². The molecule has 11 heavy (non-hydrogen) atoms. The summed E-state index contributed by atoms with van der Waals surface area (Å²) in [5.74, 6) is 0. The lowest BCUT2D eigenvalue weighted by molar-refractivity contribution is -0.133. The summed E-state index contributed by atoms with van der Waals surface area (Å²) in [6, 6.07) is 0. The molecule has 0 radical (unpaired) electrons. The molecule has 0 amide bonds. The van der Waals surface area contributed by atoms with Crippen LogP contribution in [0.4, 0.5) is 0 Å². The molecule has 3 nitrogen and oxygen atoms in total. The van der Waals surface area contributed by atoms with Crippen molar-refractivity contribution in [1.82, 2.24) is 0 Å². The van der Waals surface area contributed by atoms with Crippen molar-refractivity contribution in [2.24, 2.45) is 0 Å². The first-order valence-electron chi connectivity index (χ1n) is 4.22. The van der Waals surface area contributed by atoms with Gasteiger partial charge in [0, 0.05) is 0 Å². The Morgan fingerprint density at radius 3 is 2.91 bits per heavy atom. The second-order valence-electron chi connectivity index (χ2n) is 2.84. The van der Waals surface area contributed by atoms with Gasteiger partial charge < -0.3 is 14.6 Å². The van der Waals surface area contributed by atoms with Gasteiger partial charge in [-0.2, -0.15) is 0 Å². The molecular formula is C8H16O3. The highest BCUT2D eigenvalue weighted by molar-refractivity contribution is 4.70. The third-order valence-electron chi connectivity index (χ3n) is 1.86. The molecule has 66 valence electrons. The number of ether oxygens (including phenoxy) is 2. The predicted molar refractivity (Wildman–Crippen MR) is 41.5 cm³/mol. The third-order valence-corrected chi connectivity index (χ3v) is 1.86. The summed E-state index contributed by atoms with van der Waals surface area (Å²) in [4.78, 5) is 0. The second kappa shape index (κ2) is 4.70. The van der Waals surface area contributed by atoms with E-state index in [1.54, 1.807) is 0 Å². The average Bonchev–Trinajstić information content (AvgIpc) is 2.07. The molecule has 1 N–H and O–H groups in total. The van der Waals surface area contributed by atoms with Gasteiger partial charge in [0.15, 0.2) is 0 Å². The molecule has 1 aliphatic heterocycles. The van der Waals surface area contributed by atoms with Gasteiger partial charge in [0.1, 0.15) is 6.10 Å². The zero-order valence-corrected chi connectivity index (χ0v) is 6.95. The molecule has 1 aliphatic rings.